The second-order valence-corrected chi connectivity index (χ2v) is 6.70. The van der Waals surface area contributed by atoms with Gasteiger partial charge >= 0.3 is 6.03 Å². The van der Waals surface area contributed by atoms with E-state index in [1.807, 2.05) is 38.1 Å². The van der Waals surface area contributed by atoms with Gasteiger partial charge in [0, 0.05) is 22.7 Å². The molecular formula is C18H19ClN2O2. The number of anilines is 1. The quantitative estimate of drug-likeness (QED) is 0.833. The Balaban J connectivity index is 1.75. The van der Waals surface area contributed by atoms with Crippen molar-refractivity contribution in [2.24, 2.45) is 0 Å². The summed E-state index contributed by atoms with van der Waals surface area (Å²) in [6, 6.07) is 14.5. The van der Waals surface area contributed by atoms with E-state index in [4.69, 9.17) is 16.3 Å². The SMILES string of the molecule is CC1(C)CC(NC(=O)Nc2cccc(Cl)c2)c2ccccc2O1. The summed E-state index contributed by atoms with van der Waals surface area (Å²) >= 11 is 5.94. The highest BCUT2D eigenvalue weighted by Gasteiger charge is 2.34. The highest BCUT2D eigenvalue weighted by Crippen LogP contribution is 2.39. The molecule has 0 aliphatic carbocycles. The number of ether oxygens (including phenoxy) is 1. The Bertz CT molecular complexity index is 730. The van der Waals surface area contributed by atoms with E-state index in [9.17, 15) is 4.79 Å². The fourth-order valence-corrected chi connectivity index (χ4v) is 3.01. The Morgan fingerprint density at radius 1 is 1.22 bits per heavy atom. The molecule has 0 saturated carbocycles. The van der Waals surface area contributed by atoms with Gasteiger partial charge in [-0.25, -0.2) is 4.79 Å². The third kappa shape index (κ3) is 3.77. The monoisotopic (exact) mass is 330 g/mol. The van der Waals surface area contributed by atoms with Crippen molar-refractivity contribution < 1.29 is 9.53 Å². The molecule has 0 bridgehead atoms. The molecule has 5 heteroatoms. The van der Waals surface area contributed by atoms with Gasteiger partial charge in [-0.1, -0.05) is 35.9 Å². The van der Waals surface area contributed by atoms with E-state index >= 15 is 0 Å². The van der Waals surface area contributed by atoms with Crippen molar-refractivity contribution >= 4 is 23.3 Å². The van der Waals surface area contributed by atoms with E-state index in [-0.39, 0.29) is 17.7 Å². The largest absolute Gasteiger partial charge is 0.487 e. The van der Waals surface area contributed by atoms with E-state index in [1.54, 1.807) is 24.3 Å². The average Bonchev–Trinajstić information content (AvgIpc) is 2.46. The van der Waals surface area contributed by atoms with E-state index in [1.165, 1.54) is 0 Å². The van der Waals surface area contributed by atoms with Crippen LogP contribution in [0.25, 0.3) is 0 Å². The highest BCUT2D eigenvalue weighted by molar-refractivity contribution is 6.30. The smallest absolute Gasteiger partial charge is 0.319 e. The molecule has 23 heavy (non-hydrogen) atoms. The lowest BCUT2D eigenvalue weighted by Crippen LogP contribution is -2.42. The summed E-state index contributed by atoms with van der Waals surface area (Å²) in [5.41, 5.74) is 1.32. The Hall–Kier alpha value is -2.20. The number of urea groups is 1. The summed E-state index contributed by atoms with van der Waals surface area (Å²) in [6.07, 6.45) is 0.701. The van der Waals surface area contributed by atoms with Crippen LogP contribution in [0, 0.1) is 0 Å². The minimum absolute atomic E-state index is 0.103. The number of rotatable bonds is 2. The average molecular weight is 331 g/mol. The maximum atomic E-state index is 12.3. The van der Waals surface area contributed by atoms with Crippen molar-refractivity contribution in [3.8, 4) is 5.75 Å². The molecule has 120 valence electrons. The molecule has 2 aromatic carbocycles. The Kier molecular flexibility index (Phi) is 4.18. The van der Waals surface area contributed by atoms with Crippen LogP contribution in [-0.2, 0) is 0 Å². The lowest BCUT2D eigenvalue weighted by molar-refractivity contribution is 0.0683. The Labute approximate surface area is 140 Å². The number of hydrogen-bond donors (Lipinski definition) is 2. The second kappa shape index (κ2) is 6.13. The van der Waals surface area contributed by atoms with Gasteiger partial charge in [-0.2, -0.15) is 0 Å². The molecule has 0 aromatic heterocycles. The second-order valence-electron chi connectivity index (χ2n) is 6.27. The summed E-state index contributed by atoms with van der Waals surface area (Å²) in [5.74, 6) is 0.816. The van der Waals surface area contributed by atoms with Crippen LogP contribution < -0.4 is 15.4 Å². The first-order valence-corrected chi connectivity index (χ1v) is 7.92. The van der Waals surface area contributed by atoms with E-state index in [0.717, 1.165) is 11.3 Å². The first kappa shape index (κ1) is 15.7. The minimum atomic E-state index is -0.331. The number of carbonyl (C=O) groups excluding carboxylic acids is 1. The summed E-state index contributed by atoms with van der Waals surface area (Å²) < 4.78 is 5.98. The van der Waals surface area contributed by atoms with Crippen molar-refractivity contribution in [1.29, 1.82) is 0 Å². The molecule has 4 nitrogen and oxygen atoms in total. The predicted octanol–water partition coefficient (Wildman–Crippen LogP) is 4.76. The zero-order valence-corrected chi connectivity index (χ0v) is 13.9. The van der Waals surface area contributed by atoms with Crippen molar-refractivity contribution in [3.05, 3.63) is 59.1 Å². The zero-order chi connectivity index (χ0) is 16.4. The fourth-order valence-electron chi connectivity index (χ4n) is 2.82. The summed E-state index contributed by atoms with van der Waals surface area (Å²) in [6.45, 7) is 4.04. The number of hydrogen-bond acceptors (Lipinski definition) is 2. The lowest BCUT2D eigenvalue weighted by Gasteiger charge is -2.37. The van der Waals surface area contributed by atoms with Gasteiger partial charge in [0.2, 0.25) is 0 Å². The molecule has 1 aliphatic heterocycles. The first-order chi connectivity index (χ1) is 10.9. The molecule has 1 heterocycles. The third-order valence-electron chi connectivity index (χ3n) is 3.76. The first-order valence-electron chi connectivity index (χ1n) is 7.54. The predicted molar refractivity (Wildman–Crippen MR) is 92.1 cm³/mol. The van der Waals surface area contributed by atoms with Crippen molar-refractivity contribution in [1.82, 2.24) is 5.32 Å². The number of amides is 2. The van der Waals surface area contributed by atoms with Gasteiger partial charge in [0.05, 0.1) is 6.04 Å². The summed E-state index contributed by atoms with van der Waals surface area (Å²) in [4.78, 5) is 12.3. The van der Waals surface area contributed by atoms with Crippen molar-refractivity contribution in [2.45, 2.75) is 31.9 Å². The molecule has 1 atom stereocenters. The summed E-state index contributed by atoms with van der Waals surface area (Å²) in [7, 11) is 0. The zero-order valence-electron chi connectivity index (χ0n) is 13.1. The van der Waals surface area contributed by atoms with Crippen molar-refractivity contribution in [3.63, 3.8) is 0 Å². The van der Waals surface area contributed by atoms with Crippen molar-refractivity contribution in [2.75, 3.05) is 5.32 Å². The molecule has 3 rings (SSSR count). The van der Waals surface area contributed by atoms with Gasteiger partial charge in [-0.15, -0.1) is 0 Å². The van der Waals surface area contributed by atoms with Crippen LogP contribution in [0.3, 0.4) is 0 Å². The molecule has 0 spiro atoms. The number of para-hydroxylation sites is 1. The standard InChI is InChI=1S/C18H19ClN2O2/c1-18(2)11-15(14-8-3-4-9-16(14)23-18)21-17(22)20-13-7-5-6-12(19)10-13/h3-10,15H,11H2,1-2H3,(H2,20,21,22). The molecule has 0 saturated heterocycles. The topological polar surface area (TPSA) is 50.4 Å². The number of halogens is 1. The van der Waals surface area contributed by atoms with Crippen LogP contribution in [0.15, 0.2) is 48.5 Å². The van der Waals surface area contributed by atoms with Crippen LogP contribution >= 0.6 is 11.6 Å². The van der Waals surface area contributed by atoms with Gasteiger partial charge in [0.1, 0.15) is 11.4 Å². The normalized spacial score (nSPS) is 18.5. The van der Waals surface area contributed by atoms with Gasteiger partial charge in [-0.3, -0.25) is 0 Å². The van der Waals surface area contributed by atoms with Crippen LogP contribution in [0.1, 0.15) is 31.9 Å². The fraction of sp³-hybridized carbons (Fsp3) is 0.278. The molecule has 0 fully saturated rings. The molecule has 2 N–H and O–H groups in total. The van der Waals surface area contributed by atoms with E-state index < -0.39 is 0 Å². The Morgan fingerprint density at radius 2 is 2.00 bits per heavy atom. The number of carbonyl (C=O) groups is 1. The molecular weight excluding hydrogens is 312 g/mol. The van der Waals surface area contributed by atoms with Crippen LogP contribution in [0.2, 0.25) is 5.02 Å². The number of fused-ring (bicyclic) bond motifs is 1. The lowest BCUT2D eigenvalue weighted by atomic mass is 9.90. The van der Waals surface area contributed by atoms with Gasteiger partial charge in [0.25, 0.3) is 0 Å². The molecule has 2 aromatic rings. The molecule has 1 aliphatic rings. The van der Waals surface area contributed by atoms with Crippen LogP contribution in [0.4, 0.5) is 10.5 Å². The van der Waals surface area contributed by atoms with Crippen LogP contribution in [-0.4, -0.2) is 11.6 Å². The van der Waals surface area contributed by atoms with E-state index in [0.29, 0.717) is 17.1 Å². The number of benzene rings is 2. The third-order valence-corrected chi connectivity index (χ3v) is 4.00. The highest BCUT2D eigenvalue weighted by atomic mass is 35.5. The molecule has 2 amide bonds. The van der Waals surface area contributed by atoms with Gasteiger partial charge in [0.15, 0.2) is 0 Å². The number of nitrogens with one attached hydrogen (secondary N) is 2. The minimum Gasteiger partial charge on any atom is -0.487 e. The van der Waals surface area contributed by atoms with Gasteiger partial charge < -0.3 is 15.4 Å². The maximum absolute atomic E-state index is 12.3. The Morgan fingerprint density at radius 3 is 2.78 bits per heavy atom. The summed E-state index contributed by atoms with van der Waals surface area (Å²) in [5, 5.41) is 6.42. The molecule has 0 radical (unpaired) electrons. The maximum Gasteiger partial charge on any atom is 0.319 e. The molecule has 1 unspecified atom stereocenters. The van der Waals surface area contributed by atoms with E-state index in [2.05, 4.69) is 10.6 Å². The van der Waals surface area contributed by atoms with Crippen LogP contribution in [0.5, 0.6) is 5.75 Å². The van der Waals surface area contributed by atoms with Gasteiger partial charge in [-0.05, 0) is 38.1 Å².